The first-order valence-electron chi connectivity index (χ1n) is 9.26. The second-order valence-electron chi connectivity index (χ2n) is 6.63. The van der Waals surface area contributed by atoms with E-state index in [4.69, 9.17) is 9.72 Å². The topological polar surface area (TPSA) is 51.2 Å². The van der Waals surface area contributed by atoms with Gasteiger partial charge in [-0.3, -0.25) is 4.79 Å². The number of fused-ring (bicyclic) bond motifs is 1. The largest absolute Gasteiger partial charge is 0.376 e. The first-order valence-corrected chi connectivity index (χ1v) is 10.1. The van der Waals surface area contributed by atoms with Crippen LogP contribution >= 0.6 is 11.8 Å². The minimum absolute atomic E-state index is 0.00309. The number of hydrogen-bond acceptors (Lipinski definition) is 4. The lowest BCUT2D eigenvalue weighted by Gasteiger charge is -2.18. The van der Waals surface area contributed by atoms with Crippen molar-refractivity contribution in [1.29, 1.82) is 0 Å². The van der Waals surface area contributed by atoms with Gasteiger partial charge in [0.05, 0.1) is 16.6 Å². The molecule has 1 aliphatic rings. The summed E-state index contributed by atoms with van der Waals surface area (Å²) in [6, 6.07) is 21.9. The van der Waals surface area contributed by atoms with Gasteiger partial charge in [-0.05, 0) is 30.5 Å². The van der Waals surface area contributed by atoms with Crippen LogP contribution in [0.15, 0.2) is 71.8 Å². The number of nitrogens with zero attached hydrogens (tertiary/aromatic N) is 1. The summed E-state index contributed by atoms with van der Waals surface area (Å²) in [5.74, 6) is -0.00309. The van der Waals surface area contributed by atoms with Crippen LogP contribution in [0.3, 0.4) is 0 Å². The third kappa shape index (κ3) is 4.49. The quantitative estimate of drug-likeness (QED) is 0.648. The molecule has 0 radical (unpaired) electrons. The van der Waals surface area contributed by atoms with Gasteiger partial charge in [0.25, 0.3) is 0 Å². The molecule has 2 heterocycles. The molecule has 1 amide bonds. The van der Waals surface area contributed by atoms with E-state index in [0.717, 1.165) is 40.9 Å². The van der Waals surface area contributed by atoms with E-state index in [-0.39, 0.29) is 17.3 Å². The third-order valence-electron chi connectivity index (χ3n) is 4.68. The maximum Gasteiger partial charge on any atom is 0.238 e. The summed E-state index contributed by atoms with van der Waals surface area (Å²) in [7, 11) is 0. The van der Waals surface area contributed by atoms with Crippen molar-refractivity contribution in [1.82, 2.24) is 10.3 Å². The van der Waals surface area contributed by atoms with Gasteiger partial charge < -0.3 is 10.1 Å². The second-order valence-corrected chi connectivity index (χ2v) is 7.76. The highest BCUT2D eigenvalue weighted by Crippen LogP contribution is 2.35. The summed E-state index contributed by atoms with van der Waals surface area (Å²) < 4.78 is 5.62. The summed E-state index contributed by atoms with van der Waals surface area (Å²) in [6.45, 7) is 1.35. The number of nitrogens with one attached hydrogen (secondary N) is 1. The zero-order chi connectivity index (χ0) is 18.5. The fourth-order valence-corrected chi connectivity index (χ4v) is 4.27. The van der Waals surface area contributed by atoms with Crippen LogP contribution in [0.1, 0.15) is 23.7 Å². The molecule has 2 atom stereocenters. The van der Waals surface area contributed by atoms with Crippen molar-refractivity contribution in [3.8, 4) is 0 Å². The van der Waals surface area contributed by atoms with Crippen LogP contribution < -0.4 is 5.32 Å². The second kappa shape index (κ2) is 8.55. The highest BCUT2D eigenvalue weighted by molar-refractivity contribution is 8.00. The summed E-state index contributed by atoms with van der Waals surface area (Å²) in [4.78, 5) is 17.7. The standard InChI is InChI=1S/C22H22N2O2S/c25-22(23-15-18-10-6-14-26-18)21(17-8-2-1-3-9-17)27-20-13-12-16-7-4-5-11-19(16)24-20/h1-5,7-9,11-13,18,21H,6,10,14-15H2,(H,23,25)/t18-,21-/m0/s1. The van der Waals surface area contributed by atoms with Crippen molar-refractivity contribution < 1.29 is 9.53 Å². The number of hydrogen-bond donors (Lipinski definition) is 1. The average Bonchev–Trinajstić information content (AvgIpc) is 3.24. The Morgan fingerprint density at radius 1 is 1.11 bits per heavy atom. The summed E-state index contributed by atoms with van der Waals surface area (Å²) in [5, 5.41) is 4.66. The Balaban J connectivity index is 1.54. The van der Waals surface area contributed by atoms with Crippen LogP contribution in [0.4, 0.5) is 0 Å². The van der Waals surface area contributed by atoms with Crippen LogP contribution in [-0.4, -0.2) is 30.1 Å². The van der Waals surface area contributed by atoms with Crippen LogP contribution in [0.2, 0.25) is 0 Å². The molecular weight excluding hydrogens is 356 g/mol. The number of carbonyl (C=O) groups is 1. The molecule has 0 aliphatic carbocycles. The van der Waals surface area contributed by atoms with Crippen molar-refractivity contribution in [2.45, 2.75) is 29.2 Å². The highest BCUT2D eigenvalue weighted by atomic mass is 32.2. The molecule has 3 aromatic rings. The molecular formula is C22H22N2O2S. The molecule has 1 aromatic heterocycles. The van der Waals surface area contributed by atoms with Gasteiger partial charge >= 0.3 is 0 Å². The molecule has 0 unspecified atom stereocenters. The van der Waals surface area contributed by atoms with E-state index in [9.17, 15) is 4.79 Å². The van der Waals surface area contributed by atoms with Crippen LogP contribution in [-0.2, 0) is 9.53 Å². The Kier molecular flexibility index (Phi) is 5.70. The molecule has 5 heteroatoms. The van der Waals surface area contributed by atoms with Gasteiger partial charge in [-0.15, -0.1) is 0 Å². The number of rotatable bonds is 6. The number of aromatic nitrogens is 1. The van der Waals surface area contributed by atoms with E-state index in [2.05, 4.69) is 11.4 Å². The molecule has 1 N–H and O–H groups in total. The van der Waals surface area contributed by atoms with E-state index < -0.39 is 0 Å². The molecule has 1 fully saturated rings. The van der Waals surface area contributed by atoms with E-state index in [1.807, 2.05) is 60.7 Å². The van der Waals surface area contributed by atoms with Crippen LogP contribution in [0.25, 0.3) is 10.9 Å². The average molecular weight is 378 g/mol. The van der Waals surface area contributed by atoms with E-state index >= 15 is 0 Å². The lowest BCUT2D eigenvalue weighted by atomic mass is 10.1. The Labute approximate surface area is 163 Å². The number of amides is 1. The lowest BCUT2D eigenvalue weighted by molar-refractivity contribution is -0.121. The maximum atomic E-state index is 13.0. The lowest BCUT2D eigenvalue weighted by Crippen LogP contribution is -2.34. The molecule has 1 saturated heterocycles. The highest BCUT2D eigenvalue weighted by Gasteiger charge is 2.24. The molecule has 138 valence electrons. The predicted molar refractivity (Wildman–Crippen MR) is 109 cm³/mol. The number of benzene rings is 2. The van der Waals surface area contributed by atoms with Crippen molar-refractivity contribution in [3.05, 3.63) is 72.3 Å². The minimum Gasteiger partial charge on any atom is -0.376 e. The number of para-hydroxylation sites is 1. The summed E-state index contributed by atoms with van der Waals surface area (Å²) in [6.07, 6.45) is 2.21. The van der Waals surface area contributed by atoms with Crippen molar-refractivity contribution in [2.24, 2.45) is 0 Å². The Morgan fingerprint density at radius 3 is 2.74 bits per heavy atom. The number of pyridine rings is 1. The van der Waals surface area contributed by atoms with E-state index in [1.54, 1.807) is 0 Å². The zero-order valence-electron chi connectivity index (χ0n) is 15.0. The van der Waals surface area contributed by atoms with Gasteiger partial charge in [-0.25, -0.2) is 4.98 Å². The number of carbonyl (C=O) groups excluding carboxylic acids is 1. The van der Waals surface area contributed by atoms with Gasteiger partial charge in [-0.2, -0.15) is 0 Å². The monoisotopic (exact) mass is 378 g/mol. The molecule has 4 rings (SSSR count). The first kappa shape index (κ1) is 18.0. The molecule has 4 nitrogen and oxygen atoms in total. The molecule has 2 aromatic carbocycles. The van der Waals surface area contributed by atoms with Crippen molar-refractivity contribution >= 4 is 28.6 Å². The molecule has 0 spiro atoms. The Morgan fingerprint density at radius 2 is 1.93 bits per heavy atom. The fourth-order valence-electron chi connectivity index (χ4n) is 3.25. The van der Waals surface area contributed by atoms with Gasteiger partial charge in [-0.1, -0.05) is 66.4 Å². The van der Waals surface area contributed by atoms with Crippen molar-refractivity contribution in [3.63, 3.8) is 0 Å². The van der Waals surface area contributed by atoms with Crippen molar-refractivity contribution in [2.75, 3.05) is 13.2 Å². The molecule has 0 saturated carbocycles. The van der Waals surface area contributed by atoms with E-state index in [1.165, 1.54) is 11.8 Å². The smallest absolute Gasteiger partial charge is 0.238 e. The normalized spacial score (nSPS) is 17.7. The predicted octanol–water partition coefficient (Wildman–Crippen LogP) is 4.36. The third-order valence-corrected chi connectivity index (χ3v) is 5.87. The van der Waals surface area contributed by atoms with Crippen LogP contribution in [0, 0.1) is 0 Å². The van der Waals surface area contributed by atoms with E-state index in [0.29, 0.717) is 6.54 Å². The zero-order valence-corrected chi connectivity index (χ0v) is 15.8. The Hall–Kier alpha value is -2.37. The number of thioether (sulfide) groups is 1. The summed E-state index contributed by atoms with van der Waals surface area (Å²) >= 11 is 1.48. The first-order chi connectivity index (χ1) is 13.3. The molecule has 1 aliphatic heterocycles. The molecule has 0 bridgehead atoms. The van der Waals surface area contributed by atoms with Gasteiger partial charge in [0.1, 0.15) is 5.25 Å². The molecule has 27 heavy (non-hydrogen) atoms. The van der Waals surface area contributed by atoms with Crippen LogP contribution in [0.5, 0.6) is 0 Å². The maximum absolute atomic E-state index is 13.0. The minimum atomic E-state index is -0.346. The Bertz CT molecular complexity index is 910. The SMILES string of the molecule is O=C(NC[C@@H]1CCCO1)[C@@H](Sc1ccc2ccccc2n1)c1ccccc1. The fraction of sp³-hybridized carbons (Fsp3) is 0.273. The van der Waals surface area contributed by atoms with Gasteiger partial charge in [0.2, 0.25) is 5.91 Å². The van der Waals surface area contributed by atoms with Gasteiger partial charge in [0.15, 0.2) is 0 Å². The summed E-state index contributed by atoms with van der Waals surface area (Å²) in [5.41, 5.74) is 1.91. The van der Waals surface area contributed by atoms with Gasteiger partial charge in [0, 0.05) is 18.5 Å². The number of ether oxygens (including phenoxy) is 1.